The van der Waals surface area contributed by atoms with Crippen molar-refractivity contribution in [3.63, 3.8) is 0 Å². The van der Waals surface area contributed by atoms with Crippen molar-refractivity contribution in [2.24, 2.45) is 0 Å². The lowest BCUT2D eigenvalue weighted by atomic mass is 9.92. The fraction of sp³-hybridized carbons (Fsp3) is 0.533. The third-order valence-electron chi connectivity index (χ3n) is 3.16. The number of carbonyl (C=O) groups is 1. The Morgan fingerprint density at radius 3 is 2.29 bits per heavy atom. The molecule has 1 aromatic rings. The van der Waals surface area contributed by atoms with Gasteiger partial charge in [0.25, 0.3) is 0 Å². The van der Waals surface area contributed by atoms with E-state index in [1.54, 1.807) is 0 Å². The van der Waals surface area contributed by atoms with Crippen molar-refractivity contribution in [3.05, 3.63) is 17.2 Å². The van der Waals surface area contributed by atoms with E-state index < -0.39 is 12.3 Å². The number of rotatable bonds is 3. The summed E-state index contributed by atoms with van der Waals surface area (Å²) in [5.41, 5.74) is 1.05. The van der Waals surface area contributed by atoms with Gasteiger partial charge in [-0.25, -0.2) is 0 Å². The van der Waals surface area contributed by atoms with E-state index in [9.17, 15) is 13.6 Å². The maximum absolute atomic E-state index is 13.4. The van der Waals surface area contributed by atoms with Crippen molar-refractivity contribution >= 4 is 5.97 Å². The average Bonchev–Trinajstić information content (AvgIpc) is 2.59. The van der Waals surface area contributed by atoms with Crippen LogP contribution in [0.2, 0.25) is 0 Å². The van der Waals surface area contributed by atoms with E-state index in [1.165, 1.54) is 13.0 Å². The summed E-state index contributed by atoms with van der Waals surface area (Å²) in [5, 5.41) is 0. The molecule has 0 N–H and O–H groups in total. The van der Waals surface area contributed by atoms with Crippen LogP contribution in [-0.4, -0.2) is 12.3 Å². The average molecular weight is 300 g/mol. The second kappa shape index (κ2) is 5.16. The Labute approximate surface area is 122 Å². The van der Waals surface area contributed by atoms with Crippen molar-refractivity contribution in [1.82, 2.24) is 0 Å². The minimum Gasteiger partial charge on any atom is -0.426 e. The molecule has 1 aromatic carbocycles. The Kier molecular flexibility index (Phi) is 3.82. The maximum Gasteiger partial charge on any atom is 0.586 e. The molecule has 1 heterocycles. The van der Waals surface area contributed by atoms with E-state index in [1.807, 2.05) is 27.7 Å². The number of fused-ring (bicyclic) bond motifs is 1. The van der Waals surface area contributed by atoms with Gasteiger partial charge < -0.3 is 14.2 Å². The molecule has 0 radical (unpaired) electrons. The lowest BCUT2D eigenvalue weighted by Gasteiger charge is -2.20. The highest BCUT2D eigenvalue weighted by Crippen LogP contribution is 2.52. The summed E-state index contributed by atoms with van der Waals surface area (Å²) in [7, 11) is 0. The standard InChI is InChI=1S/C15H18F2O4/c1-7(2)10-6-11-14(21-15(16,17)20-11)12(8(3)4)13(10)19-9(5)18/h6-8H,1-5H3. The van der Waals surface area contributed by atoms with Gasteiger partial charge in [-0.1, -0.05) is 27.7 Å². The molecule has 0 fully saturated rings. The largest absolute Gasteiger partial charge is 0.586 e. The summed E-state index contributed by atoms with van der Waals surface area (Å²) in [6.07, 6.45) is -3.70. The molecule has 116 valence electrons. The maximum atomic E-state index is 13.4. The Morgan fingerprint density at radius 1 is 1.19 bits per heavy atom. The molecule has 0 amide bonds. The molecule has 0 aromatic heterocycles. The fourth-order valence-electron chi connectivity index (χ4n) is 2.32. The number of esters is 1. The SMILES string of the molecule is CC(=O)Oc1c(C(C)C)cc2c(c1C(C)C)OC(F)(F)O2. The van der Waals surface area contributed by atoms with Crippen molar-refractivity contribution < 1.29 is 27.8 Å². The molecule has 1 aliphatic heterocycles. The van der Waals surface area contributed by atoms with Gasteiger partial charge in [-0.2, -0.15) is 0 Å². The molecule has 0 saturated heterocycles. The van der Waals surface area contributed by atoms with Crippen molar-refractivity contribution in [3.8, 4) is 17.2 Å². The summed E-state index contributed by atoms with van der Waals surface area (Å²) in [4.78, 5) is 11.3. The van der Waals surface area contributed by atoms with Crippen LogP contribution in [0.4, 0.5) is 8.78 Å². The minimum absolute atomic E-state index is 0.0247. The number of ether oxygens (including phenoxy) is 3. The van der Waals surface area contributed by atoms with Crippen molar-refractivity contribution in [1.29, 1.82) is 0 Å². The summed E-state index contributed by atoms with van der Waals surface area (Å²) in [6, 6.07) is 1.45. The Bertz CT molecular complexity index is 580. The number of benzene rings is 1. The first kappa shape index (κ1) is 15.5. The number of hydrogen-bond acceptors (Lipinski definition) is 4. The number of hydrogen-bond donors (Lipinski definition) is 0. The molecule has 0 aliphatic carbocycles. The first-order chi connectivity index (χ1) is 9.62. The minimum atomic E-state index is -3.70. The first-order valence-corrected chi connectivity index (χ1v) is 6.77. The van der Waals surface area contributed by atoms with E-state index in [-0.39, 0.29) is 29.1 Å². The predicted molar refractivity (Wildman–Crippen MR) is 72.1 cm³/mol. The van der Waals surface area contributed by atoms with Crippen LogP contribution in [-0.2, 0) is 4.79 Å². The lowest BCUT2D eigenvalue weighted by Crippen LogP contribution is -2.26. The van der Waals surface area contributed by atoms with Gasteiger partial charge in [0.15, 0.2) is 11.5 Å². The van der Waals surface area contributed by atoms with Crippen molar-refractivity contribution in [2.45, 2.75) is 52.7 Å². The molecular weight excluding hydrogens is 282 g/mol. The molecule has 6 heteroatoms. The van der Waals surface area contributed by atoms with Gasteiger partial charge in [-0.3, -0.25) is 4.79 Å². The van der Waals surface area contributed by atoms with Crippen molar-refractivity contribution in [2.75, 3.05) is 0 Å². The number of carbonyl (C=O) groups excluding carboxylic acids is 1. The molecule has 0 saturated carbocycles. The van der Waals surface area contributed by atoms with Crippen LogP contribution in [0.15, 0.2) is 6.07 Å². The fourth-order valence-corrected chi connectivity index (χ4v) is 2.32. The Morgan fingerprint density at radius 2 is 1.81 bits per heavy atom. The Balaban J connectivity index is 2.70. The van der Waals surface area contributed by atoms with E-state index in [2.05, 4.69) is 9.47 Å². The molecular formula is C15H18F2O4. The van der Waals surface area contributed by atoms with E-state index in [4.69, 9.17) is 4.74 Å². The van der Waals surface area contributed by atoms with Gasteiger partial charge >= 0.3 is 12.3 Å². The van der Waals surface area contributed by atoms with E-state index in [0.717, 1.165) is 0 Å². The molecule has 4 nitrogen and oxygen atoms in total. The second-order valence-corrected chi connectivity index (χ2v) is 5.61. The van der Waals surface area contributed by atoms with Gasteiger partial charge in [0.2, 0.25) is 0 Å². The molecule has 21 heavy (non-hydrogen) atoms. The summed E-state index contributed by atoms with van der Waals surface area (Å²) >= 11 is 0. The van der Waals surface area contributed by atoms with Gasteiger partial charge in [0.05, 0.1) is 0 Å². The van der Waals surface area contributed by atoms with Gasteiger partial charge in [-0.15, -0.1) is 8.78 Å². The zero-order valence-corrected chi connectivity index (χ0v) is 12.6. The smallest absolute Gasteiger partial charge is 0.426 e. The molecule has 2 rings (SSSR count). The second-order valence-electron chi connectivity index (χ2n) is 5.61. The normalized spacial score (nSPS) is 15.7. The van der Waals surface area contributed by atoms with Crippen LogP contribution in [0.1, 0.15) is 57.6 Å². The van der Waals surface area contributed by atoms with Crippen LogP contribution in [0.3, 0.4) is 0 Å². The molecule has 0 bridgehead atoms. The van der Waals surface area contributed by atoms with Crippen LogP contribution >= 0.6 is 0 Å². The van der Waals surface area contributed by atoms with Gasteiger partial charge in [0, 0.05) is 18.1 Å². The molecule has 0 unspecified atom stereocenters. The number of halogens is 2. The summed E-state index contributed by atoms with van der Waals surface area (Å²) in [5.74, 6) is -0.514. The molecule has 0 spiro atoms. The first-order valence-electron chi connectivity index (χ1n) is 6.77. The van der Waals surface area contributed by atoms with E-state index in [0.29, 0.717) is 11.1 Å². The third-order valence-corrected chi connectivity index (χ3v) is 3.16. The van der Waals surface area contributed by atoms with Crippen LogP contribution < -0.4 is 14.2 Å². The van der Waals surface area contributed by atoms with Gasteiger partial charge in [0.1, 0.15) is 5.75 Å². The Hall–Kier alpha value is -1.85. The molecule has 1 aliphatic rings. The van der Waals surface area contributed by atoms with Gasteiger partial charge in [-0.05, 0) is 17.9 Å². The van der Waals surface area contributed by atoms with Crippen LogP contribution in [0.25, 0.3) is 0 Å². The predicted octanol–water partition coefficient (Wildman–Crippen LogP) is 4.18. The highest BCUT2D eigenvalue weighted by atomic mass is 19.3. The van der Waals surface area contributed by atoms with E-state index >= 15 is 0 Å². The zero-order chi connectivity index (χ0) is 15.9. The zero-order valence-electron chi connectivity index (χ0n) is 12.6. The summed E-state index contributed by atoms with van der Waals surface area (Å²) in [6.45, 7) is 8.66. The number of alkyl halides is 2. The quantitative estimate of drug-likeness (QED) is 0.620. The highest BCUT2D eigenvalue weighted by Gasteiger charge is 2.46. The highest BCUT2D eigenvalue weighted by molar-refractivity contribution is 5.73. The van der Waals surface area contributed by atoms with Crippen LogP contribution in [0.5, 0.6) is 17.2 Å². The topological polar surface area (TPSA) is 44.8 Å². The summed E-state index contributed by atoms with van der Waals surface area (Å²) < 4.78 is 41.1. The monoisotopic (exact) mass is 300 g/mol. The lowest BCUT2D eigenvalue weighted by molar-refractivity contribution is -0.287. The third kappa shape index (κ3) is 2.94. The van der Waals surface area contributed by atoms with Crippen LogP contribution in [0, 0.1) is 0 Å². The molecule has 0 atom stereocenters.